The third-order valence-corrected chi connectivity index (χ3v) is 7.12. The number of nitrogens with zero attached hydrogens (tertiary/aromatic N) is 3. The summed E-state index contributed by atoms with van der Waals surface area (Å²) >= 11 is 6.36. The van der Waals surface area contributed by atoms with E-state index in [0.717, 1.165) is 55.7 Å². The number of aryl methyl sites for hydroxylation is 1. The fourth-order valence-corrected chi connectivity index (χ4v) is 4.94. The van der Waals surface area contributed by atoms with Gasteiger partial charge in [-0.3, -0.25) is 9.13 Å². The highest BCUT2D eigenvalue weighted by Crippen LogP contribution is 2.32. The summed E-state index contributed by atoms with van der Waals surface area (Å²) < 4.78 is 15.4. The van der Waals surface area contributed by atoms with Crippen molar-refractivity contribution >= 4 is 22.6 Å². The van der Waals surface area contributed by atoms with Gasteiger partial charge in [-0.15, -0.1) is 0 Å². The molecule has 2 aromatic carbocycles. The number of piperidine rings is 1. The minimum absolute atomic E-state index is 0.0630. The van der Waals surface area contributed by atoms with Gasteiger partial charge in [0.15, 0.2) is 0 Å². The molecule has 1 unspecified atom stereocenters. The van der Waals surface area contributed by atoms with E-state index in [9.17, 15) is 4.79 Å². The standard InChI is InChI=1S/C26H34ClN3O3/c1-18(2)24(33-25-17-20(32-4)9-10-21(25)27)13-16-29-14-11-19(12-15-29)30-23-8-6-5-7-22(23)28(3)26(30)31/h5-10,17-19,24H,11-16H2,1-4H3. The number of halogens is 1. The zero-order valence-electron chi connectivity index (χ0n) is 20.0. The molecule has 4 rings (SSSR count). The summed E-state index contributed by atoms with van der Waals surface area (Å²) in [6, 6.07) is 13.8. The Kier molecular flexibility index (Phi) is 7.35. The third kappa shape index (κ3) is 5.07. The van der Waals surface area contributed by atoms with Crippen LogP contribution in [0.4, 0.5) is 0 Å². The van der Waals surface area contributed by atoms with Gasteiger partial charge in [0.05, 0.1) is 23.2 Å². The maximum Gasteiger partial charge on any atom is 0.329 e. The van der Waals surface area contributed by atoms with Crippen LogP contribution in [-0.2, 0) is 7.05 Å². The Hall–Kier alpha value is -2.44. The molecule has 1 saturated heterocycles. The number of imidazole rings is 1. The number of hydrogen-bond acceptors (Lipinski definition) is 4. The quantitative estimate of drug-likeness (QED) is 0.456. The van der Waals surface area contributed by atoms with Crippen molar-refractivity contribution in [2.24, 2.45) is 13.0 Å². The van der Waals surface area contributed by atoms with Crippen LogP contribution in [0.3, 0.4) is 0 Å². The van der Waals surface area contributed by atoms with Gasteiger partial charge in [-0.05, 0) is 49.4 Å². The van der Waals surface area contributed by atoms with E-state index in [1.165, 1.54) is 0 Å². The van der Waals surface area contributed by atoms with Gasteiger partial charge in [0, 0.05) is 38.8 Å². The van der Waals surface area contributed by atoms with E-state index in [0.29, 0.717) is 16.7 Å². The monoisotopic (exact) mass is 471 g/mol. The Labute approximate surface area is 200 Å². The molecule has 0 spiro atoms. The molecule has 0 radical (unpaired) electrons. The Bertz CT molecular complexity index is 1150. The SMILES string of the molecule is COc1ccc(Cl)c(OC(CCN2CCC(n3c(=O)n(C)c4ccccc43)CC2)C(C)C)c1. The fraction of sp³-hybridized carbons (Fsp3) is 0.500. The van der Waals surface area contributed by atoms with Gasteiger partial charge in [-0.25, -0.2) is 4.79 Å². The molecule has 33 heavy (non-hydrogen) atoms. The molecule has 0 bridgehead atoms. The second-order valence-corrected chi connectivity index (χ2v) is 9.67. The number of fused-ring (bicyclic) bond motifs is 1. The lowest BCUT2D eigenvalue weighted by Gasteiger charge is -2.34. The molecule has 6 nitrogen and oxygen atoms in total. The zero-order valence-corrected chi connectivity index (χ0v) is 20.7. The van der Waals surface area contributed by atoms with Crippen molar-refractivity contribution in [3.8, 4) is 11.5 Å². The molecule has 1 aliphatic heterocycles. The van der Waals surface area contributed by atoms with Gasteiger partial charge in [0.2, 0.25) is 0 Å². The average molecular weight is 472 g/mol. The molecule has 1 aliphatic rings. The average Bonchev–Trinajstić information content (AvgIpc) is 3.08. The molecule has 0 saturated carbocycles. The molecule has 2 heterocycles. The van der Waals surface area contributed by atoms with Gasteiger partial charge in [0.25, 0.3) is 0 Å². The fourth-order valence-electron chi connectivity index (χ4n) is 4.78. The lowest BCUT2D eigenvalue weighted by atomic mass is 10.0. The molecular weight excluding hydrogens is 438 g/mol. The lowest BCUT2D eigenvalue weighted by molar-refractivity contribution is 0.109. The number of methoxy groups -OCH3 is 1. The van der Waals surface area contributed by atoms with Crippen molar-refractivity contribution in [2.75, 3.05) is 26.7 Å². The summed E-state index contributed by atoms with van der Waals surface area (Å²) in [6.07, 6.45) is 2.93. The summed E-state index contributed by atoms with van der Waals surface area (Å²) in [6.45, 7) is 7.27. The van der Waals surface area contributed by atoms with E-state index in [1.807, 2.05) is 48.0 Å². The van der Waals surface area contributed by atoms with Crippen LogP contribution in [0, 0.1) is 5.92 Å². The molecule has 7 heteroatoms. The van der Waals surface area contributed by atoms with E-state index in [1.54, 1.807) is 11.7 Å². The van der Waals surface area contributed by atoms with Gasteiger partial charge in [-0.1, -0.05) is 37.6 Å². The Balaban J connectivity index is 1.37. The molecule has 0 amide bonds. The summed E-state index contributed by atoms with van der Waals surface area (Å²) in [5, 5.41) is 0.600. The number of likely N-dealkylation sites (tertiary alicyclic amines) is 1. The highest BCUT2D eigenvalue weighted by atomic mass is 35.5. The summed E-state index contributed by atoms with van der Waals surface area (Å²) in [7, 11) is 3.50. The third-order valence-electron chi connectivity index (χ3n) is 6.81. The van der Waals surface area contributed by atoms with Crippen LogP contribution in [0.15, 0.2) is 47.3 Å². The zero-order chi connectivity index (χ0) is 23.5. The van der Waals surface area contributed by atoms with Crippen LogP contribution < -0.4 is 15.2 Å². The van der Waals surface area contributed by atoms with E-state index >= 15 is 0 Å². The molecule has 1 atom stereocenters. The molecule has 1 fully saturated rings. The molecular formula is C26H34ClN3O3. The predicted octanol–water partition coefficient (Wildman–Crippen LogP) is 5.13. The molecule has 0 aliphatic carbocycles. The van der Waals surface area contributed by atoms with Crippen molar-refractivity contribution in [2.45, 2.75) is 45.3 Å². The first-order valence-corrected chi connectivity index (χ1v) is 12.1. The number of aromatic nitrogens is 2. The minimum atomic E-state index is 0.0630. The Morgan fingerprint density at radius 2 is 1.79 bits per heavy atom. The van der Waals surface area contributed by atoms with Gasteiger partial charge in [-0.2, -0.15) is 0 Å². The van der Waals surface area contributed by atoms with Crippen molar-refractivity contribution in [3.63, 3.8) is 0 Å². The second-order valence-electron chi connectivity index (χ2n) is 9.26. The van der Waals surface area contributed by atoms with Gasteiger partial charge < -0.3 is 14.4 Å². The second kappa shape index (κ2) is 10.2. The minimum Gasteiger partial charge on any atom is -0.497 e. The number of hydrogen-bond donors (Lipinski definition) is 0. The topological polar surface area (TPSA) is 48.6 Å². The summed E-state index contributed by atoms with van der Waals surface area (Å²) in [4.78, 5) is 15.4. The first kappa shape index (κ1) is 23.7. The Morgan fingerprint density at radius 3 is 2.45 bits per heavy atom. The first-order chi connectivity index (χ1) is 15.9. The van der Waals surface area contributed by atoms with E-state index in [2.05, 4.69) is 24.8 Å². The van der Waals surface area contributed by atoms with Gasteiger partial charge >= 0.3 is 5.69 Å². The van der Waals surface area contributed by atoms with Crippen molar-refractivity contribution in [1.82, 2.24) is 14.0 Å². The number of rotatable bonds is 8. The summed E-state index contributed by atoms with van der Waals surface area (Å²) in [5.41, 5.74) is 2.11. The Morgan fingerprint density at radius 1 is 1.09 bits per heavy atom. The van der Waals surface area contributed by atoms with Gasteiger partial charge in [0.1, 0.15) is 17.6 Å². The molecule has 0 N–H and O–H groups in total. The normalized spacial score (nSPS) is 16.4. The number of benzene rings is 2. The number of ether oxygens (including phenoxy) is 2. The van der Waals surface area contributed by atoms with Crippen LogP contribution in [0.2, 0.25) is 5.02 Å². The maximum absolute atomic E-state index is 12.9. The van der Waals surface area contributed by atoms with Crippen LogP contribution in [0.1, 0.15) is 39.2 Å². The maximum atomic E-state index is 12.9. The largest absolute Gasteiger partial charge is 0.497 e. The van der Waals surface area contributed by atoms with Crippen molar-refractivity contribution in [3.05, 3.63) is 58.0 Å². The van der Waals surface area contributed by atoms with Crippen molar-refractivity contribution < 1.29 is 9.47 Å². The van der Waals surface area contributed by atoms with E-state index < -0.39 is 0 Å². The van der Waals surface area contributed by atoms with Crippen LogP contribution in [-0.4, -0.2) is 46.9 Å². The lowest BCUT2D eigenvalue weighted by Crippen LogP contribution is -2.39. The van der Waals surface area contributed by atoms with E-state index in [4.69, 9.17) is 21.1 Å². The smallest absolute Gasteiger partial charge is 0.329 e. The summed E-state index contributed by atoms with van der Waals surface area (Å²) in [5.74, 6) is 1.77. The van der Waals surface area contributed by atoms with Crippen LogP contribution in [0.25, 0.3) is 11.0 Å². The number of para-hydroxylation sites is 2. The highest BCUT2D eigenvalue weighted by Gasteiger charge is 2.26. The van der Waals surface area contributed by atoms with E-state index in [-0.39, 0.29) is 17.8 Å². The van der Waals surface area contributed by atoms with Crippen LogP contribution in [0.5, 0.6) is 11.5 Å². The predicted molar refractivity (Wildman–Crippen MR) is 134 cm³/mol. The molecule has 178 valence electrons. The molecule has 3 aromatic rings. The first-order valence-electron chi connectivity index (χ1n) is 11.8. The molecule has 1 aromatic heterocycles. The highest BCUT2D eigenvalue weighted by molar-refractivity contribution is 6.32. The van der Waals surface area contributed by atoms with Crippen LogP contribution >= 0.6 is 11.6 Å². The van der Waals surface area contributed by atoms with Crippen molar-refractivity contribution in [1.29, 1.82) is 0 Å².